The minimum Gasteiger partial charge on any atom is -0.495 e. The van der Waals surface area contributed by atoms with Gasteiger partial charge < -0.3 is 17.7 Å². The average molecular weight is 263 g/mol. The molecule has 78 valence electrons. The Morgan fingerprint density at radius 1 is 1.27 bits per heavy atom. The second kappa shape index (κ2) is 5.93. The minimum atomic E-state index is -5.00. The number of benzene rings is 1. The number of rotatable bonds is 2. The molecule has 0 bridgehead atoms. The van der Waals surface area contributed by atoms with Gasteiger partial charge in [-0.2, -0.15) is 0 Å². The van der Waals surface area contributed by atoms with E-state index in [0.717, 1.165) is 12.1 Å². The summed E-state index contributed by atoms with van der Waals surface area (Å²) in [5, 5.41) is -0.0123. The van der Waals surface area contributed by atoms with Gasteiger partial charge in [0.2, 0.25) is 0 Å². The summed E-state index contributed by atoms with van der Waals surface area (Å²) in [4.78, 5) is 0. The van der Waals surface area contributed by atoms with Crippen LogP contribution in [0.4, 0.5) is 12.9 Å². The average Bonchev–Trinajstić information content (AvgIpc) is 2.01. The van der Waals surface area contributed by atoms with Crippen molar-refractivity contribution in [2.24, 2.45) is 0 Å². The van der Waals surface area contributed by atoms with E-state index in [4.69, 9.17) is 16.3 Å². The molecule has 0 N–H and O–H groups in total. The fourth-order valence-electron chi connectivity index (χ4n) is 1.20. The summed E-state index contributed by atoms with van der Waals surface area (Å²) in [6.07, 6.45) is 0. The zero-order valence-electron chi connectivity index (χ0n) is 8.65. The van der Waals surface area contributed by atoms with Gasteiger partial charge in [-0.1, -0.05) is 23.7 Å². The SMILES string of the molecule is COc1c(C)cc([B-](F)(F)F)cc1Cl.[K+]. The molecular formula is C8H8BClF3KO. The van der Waals surface area contributed by atoms with E-state index in [1.54, 1.807) is 0 Å². The van der Waals surface area contributed by atoms with Crippen molar-refractivity contribution in [3.8, 4) is 5.75 Å². The van der Waals surface area contributed by atoms with Crippen molar-refractivity contribution in [2.45, 2.75) is 6.92 Å². The minimum absolute atomic E-state index is 0. The van der Waals surface area contributed by atoms with Crippen LogP contribution >= 0.6 is 11.6 Å². The van der Waals surface area contributed by atoms with Gasteiger partial charge in [0.15, 0.2) is 0 Å². The van der Waals surface area contributed by atoms with E-state index in [0.29, 0.717) is 5.56 Å². The van der Waals surface area contributed by atoms with Crippen LogP contribution < -0.4 is 61.6 Å². The van der Waals surface area contributed by atoms with Crippen LogP contribution in [0.25, 0.3) is 0 Å². The summed E-state index contributed by atoms with van der Waals surface area (Å²) in [5.41, 5.74) is -0.317. The van der Waals surface area contributed by atoms with E-state index >= 15 is 0 Å². The second-order valence-corrected chi connectivity index (χ2v) is 3.33. The smallest absolute Gasteiger partial charge is 0.495 e. The molecule has 1 aromatic carbocycles. The molecule has 1 rings (SSSR count). The summed E-state index contributed by atoms with van der Waals surface area (Å²) in [6.45, 7) is -3.48. The summed E-state index contributed by atoms with van der Waals surface area (Å²) in [6, 6.07) is 1.91. The first-order valence-corrected chi connectivity index (χ1v) is 4.28. The number of halogens is 4. The van der Waals surface area contributed by atoms with Crippen molar-refractivity contribution in [3.63, 3.8) is 0 Å². The Balaban J connectivity index is 0.00000196. The summed E-state index contributed by atoms with van der Waals surface area (Å²) in [7, 11) is 1.37. The Morgan fingerprint density at radius 2 is 1.80 bits per heavy atom. The van der Waals surface area contributed by atoms with Crippen molar-refractivity contribution in [3.05, 3.63) is 22.7 Å². The molecular weight excluding hydrogens is 254 g/mol. The molecule has 0 aliphatic carbocycles. The van der Waals surface area contributed by atoms with Gasteiger partial charge in [-0.3, -0.25) is 0 Å². The quantitative estimate of drug-likeness (QED) is 0.666. The maximum atomic E-state index is 12.3. The number of ether oxygens (including phenoxy) is 1. The zero-order chi connectivity index (χ0) is 10.9. The van der Waals surface area contributed by atoms with Crippen LogP contribution in [0.15, 0.2) is 12.1 Å². The fraction of sp³-hybridized carbons (Fsp3) is 0.250. The molecule has 0 unspecified atom stereocenters. The van der Waals surface area contributed by atoms with Crippen LogP contribution in [0.1, 0.15) is 5.56 Å². The van der Waals surface area contributed by atoms with Crippen LogP contribution in [-0.2, 0) is 0 Å². The van der Waals surface area contributed by atoms with Gasteiger partial charge in [-0.15, -0.1) is 5.46 Å². The second-order valence-electron chi connectivity index (χ2n) is 2.93. The van der Waals surface area contributed by atoms with Crippen molar-refractivity contribution in [2.75, 3.05) is 7.11 Å². The molecule has 0 aliphatic heterocycles. The van der Waals surface area contributed by atoms with Crippen LogP contribution in [0, 0.1) is 6.92 Å². The third kappa shape index (κ3) is 3.94. The number of methoxy groups -OCH3 is 1. The maximum Gasteiger partial charge on any atom is 1.00 e. The molecule has 1 aromatic rings. The van der Waals surface area contributed by atoms with E-state index < -0.39 is 12.4 Å². The van der Waals surface area contributed by atoms with Gasteiger partial charge in [0.05, 0.1) is 12.1 Å². The van der Waals surface area contributed by atoms with Crippen LogP contribution in [0.3, 0.4) is 0 Å². The first-order chi connectivity index (χ1) is 6.36. The number of hydrogen-bond donors (Lipinski definition) is 0. The number of aryl methyl sites for hydroxylation is 1. The molecule has 0 heterocycles. The Kier molecular flexibility index (Phi) is 6.25. The molecule has 0 amide bonds. The molecule has 0 radical (unpaired) electrons. The Bertz CT molecular complexity index is 333. The molecule has 0 aromatic heterocycles. The van der Waals surface area contributed by atoms with Crippen molar-refractivity contribution >= 4 is 24.0 Å². The molecule has 15 heavy (non-hydrogen) atoms. The van der Waals surface area contributed by atoms with Gasteiger partial charge in [0.25, 0.3) is 0 Å². The molecule has 0 aliphatic rings. The standard InChI is InChI=1S/C8H8BClF3O.K/c1-5-3-6(9(11,12)13)4-7(10)8(5)14-2;/h3-4H,1-2H3;/q-1;+1. The molecule has 0 saturated heterocycles. The Labute approximate surface area is 134 Å². The molecule has 1 nitrogen and oxygen atoms in total. The van der Waals surface area contributed by atoms with E-state index in [2.05, 4.69) is 0 Å². The van der Waals surface area contributed by atoms with Crippen molar-refractivity contribution in [1.29, 1.82) is 0 Å². The number of hydrogen-bond acceptors (Lipinski definition) is 1. The largest absolute Gasteiger partial charge is 1.00 e. The predicted molar refractivity (Wildman–Crippen MR) is 51.5 cm³/mol. The molecule has 7 heteroatoms. The van der Waals surface area contributed by atoms with Gasteiger partial charge in [-0.05, 0) is 12.5 Å². The van der Waals surface area contributed by atoms with Gasteiger partial charge in [0.1, 0.15) is 5.75 Å². The van der Waals surface area contributed by atoms with Crippen molar-refractivity contribution < 1.29 is 69.1 Å². The zero-order valence-corrected chi connectivity index (χ0v) is 12.5. The first kappa shape index (κ1) is 15.8. The van der Waals surface area contributed by atoms with Gasteiger partial charge in [-0.25, -0.2) is 0 Å². The first-order valence-electron chi connectivity index (χ1n) is 3.90. The summed E-state index contributed by atoms with van der Waals surface area (Å²) >= 11 is 5.63. The third-order valence-corrected chi connectivity index (χ3v) is 2.11. The van der Waals surface area contributed by atoms with E-state index in [1.807, 2.05) is 0 Å². The van der Waals surface area contributed by atoms with Gasteiger partial charge in [0, 0.05) is 0 Å². The maximum absolute atomic E-state index is 12.3. The van der Waals surface area contributed by atoms with E-state index in [-0.39, 0.29) is 62.2 Å². The Hall–Kier alpha value is 0.801. The molecule has 0 atom stereocenters. The van der Waals surface area contributed by atoms with Gasteiger partial charge >= 0.3 is 58.4 Å². The Morgan fingerprint density at radius 3 is 2.13 bits per heavy atom. The third-order valence-electron chi connectivity index (χ3n) is 1.83. The van der Waals surface area contributed by atoms with Crippen molar-refractivity contribution in [1.82, 2.24) is 0 Å². The van der Waals surface area contributed by atoms with Crippen LogP contribution in [0.5, 0.6) is 5.75 Å². The van der Waals surface area contributed by atoms with Crippen LogP contribution in [0.2, 0.25) is 5.02 Å². The fourth-order valence-corrected chi connectivity index (χ4v) is 1.56. The predicted octanol–water partition coefficient (Wildman–Crippen LogP) is -0.285. The topological polar surface area (TPSA) is 9.23 Å². The summed E-state index contributed by atoms with van der Waals surface area (Å²) < 4.78 is 41.9. The van der Waals surface area contributed by atoms with E-state index in [1.165, 1.54) is 14.0 Å². The van der Waals surface area contributed by atoms with E-state index in [9.17, 15) is 12.9 Å². The van der Waals surface area contributed by atoms with Crippen LogP contribution in [-0.4, -0.2) is 14.1 Å². The molecule has 0 fully saturated rings. The summed E-state index contributed by atoms with van der Waals surface area (Å²) in [5.74, 6) is 0.287. The molecule has 0 saturated carbocycles. The normalized spacial score (nSPS) is 10.8. The molecule has 0 spiro atoms. The monoisotopic (exact) mass is 262 g/mol.